The van der Waals surface area contributed by atoms with E-state index in [0.29, 0.717) is 0 Å². The highest BCUT2D eigenvalue weighted by molar-refractivity contribution is 14.1. The van der Waals surface area contributed by atoms with Crippen molar-refractivity contribution >= 4 is 22.6 Å². The minimum Gasteiger partial charge on any atom is -0.323 e. The molecule has 0 radical (unpaired) electrons. The van der Waals surface area contributed by atoms with E-state index >= 15 is 0 Å². The molecule has 0 atom stereocenters. The Bertz CT molecular complexity index is 409. The molecular weight excluding hydrogens is 280 g/mol. The predicted octanol–water partition coefficient (Wildman–Crippen LogP) is 3.22. The maximum Gasteiger partial charge on any atom is 0.124 e. The van der Waals surface area contributed by atoms with Gasteiger partial charge in [-0.2, -0.15) is 0 Å². The Morgan fingerprint density at radius 3 is 2.46 bits per heavy atom. The number of nitrogens with zero attached hydrogens (tertiary/aromatic N) is 1. The fraction of sp³-hybridized carbons (Fsp3) is 0. The monoisotopic (exact) mass is 287 g/mol. The van der Waals surface area contributed by atoms with E-state index in [-0.39, 0.29) is 5.82 Å². The van der Waals surface area contributed by atoms with Crippen LogP contribution in [0.25, 0.3) is 5.69 Å². The lowest BCUT2D eigenvalue weighted by molar-refractivity contribution is 0.626. The molecule has 1 aromatic carbocycles. The van der Waals surface area contributed by atoms with Crippen molar-refractivity contribution in [3.63, 3.8) is 0 Å². The summed E-state index contributed by atoms with van der Waals surface area (Å²) >= 11 is 2.13. The molecule has 3 heteroatoms. The van der Waals surface area contributed by atoms with Crippen LogP contribution in [0, 0.1) is 9.39 Å². The first-order chi connectivity index (χ1) is 6.27. The van der Waals surface area contributed by atoms with Crippen molar-refractivity contribution < 1.29 is 4.39 Å². The Morgan fingerprint density at radius 1 is 1.15 bits per heavy atom. The summed E-state index contributed by atoms with van der Waals surface area (Å²) in [6, 6.07) is 8.66. The lowest BCUT2D eigenvalue weighted by Crippen LogP contribution is -1.93. The Balaban J connectivity index is 2.53. The van der Waals surface area contributed by atoms with Crippen molar-refractivity contribution in [2.75, 3.05) is 0 Å². The third-order valence-corrected chi connectivity index (χ3v) is 2.66. The van der Waals surface area contributed by atoms with Gasteiger partial charge in [0.1, 0.15) is 5.82 Å². The van der Waals surface area contributed by atoms with E-state index in [1.54, 1.807) is 6.07 Å². The fourth-order valence-corrected chi connectivity index (χ4v) is 1.94. The third-order valence-electron chi connectivity index (χ3n) is 1.79. The van der Waals surface area contributed by atoms with Gasteiger partial charge in [-0.25, -0.2) is 4.39 Å². The maximum absolute atomic E-state index is 12.8. The van der Waals surface area contributed by atoms with Crippen molar-refractivity contribution in [1.29, 1.82) is 0 Å². The fourth-order valence-electron chi connectivity index (χ4n) is 1.19. The van der Waals surface area contributed by atoms with E-state index in [4.69, 9.17) is 0 Å². The van der Waals surface area contributed by atoms with Crippen LogP contribution < -0.4 is 0 Å². The average molecular weight is 287 g/mol. The van der Waals surface area contributed by atoms with Gasteiger partial charge in [0.05, 0.1) is 5.69 Å². The first-order valence-electron chi connectivity index (χ1n) is 3.86. The van der Waals surface area contributed by atoms with Gasteiger partial charge in [0.2, 0.25) is 0 Å². The van der Waals surface area contributed by atoms with E-state index < -0.39 is 0 Å². The van der Waals surface area contributed by atoms with Crippen molar-refractivity contribution in [3.8, 4) is 5.69 Å². The zero-order chi connectivity index (χ0) is 9.26. The zero-order valence-electron chi connectivity index (χ0n) is 6.74. The van der Waals surface area contributed by atoms with Gasteiger partial charge in [-0.1, -0.05) is 0 Å². The van der Waals surface area contributed by atoms with Crippen molar-refractivity contribution in [3.05, 3.63) is 52.1 Å². The molecule has 0 saturated heterocycles. The normalized spacial score (nSPS) is 10.3. The minimum atomic E-state index is -0.194. The van der Waals surface area contributed by atoms with Crippen LogP contribution in [0.4, 0.5) is 4.39 Å². The van der Waals surface area contributed by atoms with E-state index in [2.05, 4.69) is 22.6 Å². The number of aromatic nitrogens is 1. The van der Waals surface area contributed by atoms with Gasteiger partial charge in [-0.15, -0.1) is 0 Å². The summed E-state index contributed by atoms with van der Waals surface area (Å²) in [6.07, 6.45) is 3.88. The Morgan fingerprint density at radius 2 is 1.85 bits per heavy atom. The smallest absolute Gasteiger partial charge is 0.124 e. The number of hydrogen-bond acceptors (Lipinski definition) is 0. The second kappa shape index (κ2) is 3.49. The summed E-state index contributed by atoms with van der Waals surface area (Å²) in [4.78, 5) is 0. The number of halogens is 2. The quantitative estimate of drug-likeness (QED) is 0.710. The molecule has 0 aliphatic rings. The molecule has 0 spiro atoms. The molecule has 13 heavy (non-hydrogen) atoms. The molecule has 0 amide bonds. The van der Waals surface area contributed by atoms with Gasteiger partial charge in [0.15, 0.2) is 0 Å². The molecule has 0 fully saturated rings. The number of benzene rings is 1. The van der Waals surface area contributed by atoms with Crippen LogP contribution in [0.2, 0.25) is 0 Å². The summed E-state index contributed by atoms with van der Waals surface area (Å²) in [5.41, 5.74) is 1.01. The van der Waals surface area contributed by atoms with Crippen molar-refractivity contribution in [2.24, 2.45) is 0 Å². The SMILES string of the molecule is Fc1ccc(-n2cccc2)c(I)c1. The van der Waals surface area contributed by atoms with Gasteiger partial charge in [0.25, 0.3) is 0 Å². The molecule has 2 aromatic rings. The van der Waals surface area contributed by atoms with Gasteiger partial charge in [-0.3, -0.25) is 0 Å². The summed E-state index contributed by atoms with van der Waals surface area (Å²) in [7, 11) is 0. The Hall–Kier alpha value is -0.840. The van der Waals surface area contributed by atoms with Crippen LogP contribution in [0.15, 0.2) is 42.7 Å². The summed E-state index contributed by atoms with van der Waals surface area (Å²) < 4.78 is 15.6. The van der Waals surface area contributed by atoms with E-state index in [1.165, 1.54) is 12.1 Å². The van der Waals surface area contributed by atoms with Gasteiger partial charge >= 0.3 is 0 Å². The molecule has 0 aliphatic heterocycles. The molecule has 1 heterocycles. The van der Waals surface area contributed by atoms with Crippen molar-refractivity contribution in [1.82, 2.24) is 4.57 Å². The van der Waals surface area contributed by atoms with Crippen LogP contribution in [0.5, 0.6) is 0 Å². The zero-order valence-corrected chi connectivity index (χ0v) is 8.90. The molecular formula is C10H7FIN. The topological polar surface area (TPSA) is 4.93 Å². The highest BCUT2D eigenvalue weighted by Crippen LogP contribution is 2.17. The van der Waals surface area contributed by atoms with Gasteiger partial charge in [0, 0.05) is 16.0 Å². The second-order valence-electron chi connectivity index (χ2n) is 2.69. The first kappa shape index (κ1) is 8.74. The molecule has 0 aliphatic carbocycles. The highest BCUT2D eigenvalue weighted by atomic mass is 127. The summed E-state index contributed by atoms with van der Waals surface area (Å²) in [6.45, 7) is 0. The minimum absolute atomic E-state index is 0.194. The molecule has 66 valence electrons. The predicted molar refractivity (Wildman–Crippen MR) is 58.4 cm³/mol. The lowest BCUT2D eigenvalue weighted by Gasteiger charge is -2.04. The molecule has 1 aromatic heterocycles. The summed E-state index contributed by atoms with van der Waals surface area (Å²) in [5, 5.41) is 0. The van der Waals surface area contributed by atoms with E-state index in [9.17, 15) is 4.39 Å². The highest BCUT2D eigenvalue weighted by Gasteiger charge is 2.01. The van der Waals surface area contributed by atoms with Crippen LogP contribution in [-0.4, -0.2) is 4.57 Å². The Labute approximate surface area is 89.3 Å². The first-order valence-corrected chi connectivity index (χ1v) is 4.93. The Kier molecular flexibility index (Phi) is 2.35. The lowest BCUT2D eigenvalue weighted by atomic mass is 10.3. The van der Waals surface area contributed by atoms with Crippen LogP contribution in [-0.2, 0) is 0 Å². The molecule has 0 bridgehead atoms. The largest absolute Gasteiger partial charge is 0.323 e. The van der Waals surface area contributed by atoms with Crippen LogP contribution in [0.3, 0.4) is 0 Å². The van der Waals surface area contributed by atoms with Crippen LogP contribution in [0.1, 0.15) is 0 Å². The average Bonchev–Trinajstić information content (AvgIpc) is 2.56. The van der Waals surface area contributed by atoms with E-state index in [1.807, 2.05) is 29.1 Å². The van der Waals surface area contributed by atoms with Crippen LogP contribution >= 0.6 is 22.6 Å². The third kappa shape index (κ3) is 1.75. The van der Waals surface area contributed by atoms with E-state index in [0.717, 1.165) is 9.26 Å². The molecule has 0 saturated carbocycles. The molecule has 2 rings (SSSR count). The van der Waals surface area contributed by atoms with Crippen molar-refractivity contribution in [2.45, 2.75) is 0 Å². The molecule has 0 unspecified atom stereocenters. The maximum atomic E-state index is 12.8. The number of rotatable bonds is 1. The molecule has 0 N–H and O–H groups in total. The second-order valence-corrected chi connectivity index (χ2v) is 3.85. The summed E-state index contributed by atoms with van der Waals surface area (Å²) in [5.74, 6) is -0.194. The van der Waals surface area contributed by atoms with Gasteiger partial charge < -0.3 is 4.57 Å². The standard InChI is InChI=1S/C10H7FIN/c11-8-3-4-10(9(12)7-8)13-5-1-2-6-13/h1-7H. The number of hydrogen-bond donors (Lipinski definition) is 0. The van der Waals surface area contributed by atoms with Gasteiger partial charge in [-0.05, 0) is 52.9 Å². The molecule has 1 nitrogen and oxygen atoms in total.